The Bertz CT molecular complexity index is 866. The Labute approximate surface area is 135 Å². The topological polar surface area (TPSA) is 112 Å². The zero-order chi connectivity index (χ0) is 16.9. The average Bonchev–Trinajstić information content (AvgIpc) is 3.30. The Morgan fingerprint density at radius 3 is 1.22 bits per heavy atom. The number of benzene rings is 2. The van der Waals surface area contributed by atoms with Gasteiger partial charge in [-0.3, -0.25) is 0 Å². The van der Waals surface area contributed by atoms with Crippen molar-refractivity contribution >= 4 is 19.7 Å². The highest BCUT2D eigenvalue weighted by atomic mass is 32.3. The molecule has 6 nitrogen and oxygen atoms in total. The van der Waals surface area contributed by atoms with Gasteiger partial charge in [-0.1, -0.05) is 35.4 Å². The van der Waals surface area contributed by atoms with Gasteiger partial charge >= 0.3 is 4.33 Å². The SMILES string of the molecule is Cc1ccc(S(=O)(=O)C2(S(=O)(=O)c3ccc(C)cc3)NN2)cc1. The van der Waals surface area contributed by atoms with E-state index in [0.717, 1.165) is 11.1 Å². The lowest BCUT2D eigenvalue weighted by atomic mass is 10.2. The largest absolute Gasteiger partial charge is 0.310 e. The number of hydrogen-bond donors (Lipinski definition) is 2. The molecule has 1 fully saturated rings. The number of aryl methyl sites for hydroxylation is 2. The van der Waals surface area contributed by atoms with E-state index in [4.69, 9.17) is 0 Å². The van der Waals surface area contributed by atoms with Crippen molar-refractivity contribution in [2.45, 2.75) is 28.0 Å². The summed E-state index contributed by atoms with van der Waals surface area (Å²) in [4.78, 5) is -0.118. The summed E-state index contributed by atoms with van der Waals surface area (Å²) in [7, 11) is -8.34. The Morgan fingerprint density at radius 2 is 0.957 bits per heavy atom. The van der Waals surface area contributed by atoms with E-state index in [0.29, 0.717) is 0 Å². The first kappa shape index (κ1) is 16.1. The Morgan fingerprint density at radius 1 is 0.652 bits per heavy atom. The Kier molecular flexibility index (Phi) is 3.60. The van der Waals surface area contributed by atoms with E-state index in [9.17, 15) is 16.8 Å². The maximum atomic E-state index is 12.8. The van der Waals surface area contributed by atoms with Crippen LogP contribution in [0, 0.1) is 13.8 Å². The average molecular weight is 352 g/mol. The predicted molar refractivity (Wildman–Crippen MR) is 85.7 cm³/mol. The van der Waals surface area contributed by atoms with E-state index in [1.54, 1.807) is 24.3 Å². The van der Waals surface area contributed by atoms with E-state index in [2.05, 4.69) is 10.9 Å². The van der Waals surface area contributed by atoms with E-state index in [1.807, 2.05) is 13.8 Å². The van der Waals surface area contributed by atoms with Crippen LogP contribution in [-0.2, 0) is 19.7 Å². The van der Waals surface area contributed by atoms with Gasteiger partial charge in [0.05, 0.1) is 9.79 Å². The summed E-state index contributed by atoms with van der Waals surface area (Å²) in [6.07, 6.45) is 0. The molecule has 3 rings (SSSR count). The highest BCUT2D eigenvalue weighted by Gasteiger charge is 2.66. The highest BCUT2D eigenvalue weighted by molar-refractivity contribution is 8.10. The summed E-state index contributed by atoms with van der Waals surface area (Å²) < 4.78 is 49.0. The standard InChI is InChI=1S/C15H16N2O4S2/c1-11-3-7-13(8-4-11)22(18,19)15(16-17-15)23(20,21)14-9-5-12(2)6-10-14/h3-10,16-17H,1-2H3. The van der Waals surface area contributed by atoms with Crippen LogP contribution in [0.15, 0.2) is 58.3 Å². The van der Waals surface area contributed by atoms with Crippen LogP contribution in [0.3, 0.4) is 0 Å². The molecule has 0 unspecified atom stereocenters. The van der Waals surface area contributed by atoms with Crippen LogP contribution in [0.5, 0.6) is 0 Å². The number of sulfone groups is 2. The maximum absolute atomic E-state index is 12.8. The molecule has 8 heteroatoms. The normalized spacial score (nSPS) is 17.0. The van der Waals surface area contributed by atoms with Gasteiger partial charge in [-0.2, -0.15) is 0 Å². The van der Waals surface area contributed by atoms with E-state index in [1.165, 1.54) is 24.3 Å². The van der Waals surface area contributed by atoms with Crippen molar-refractivity contribution < 1.29 is 16.8 Å². The van der Waals surface area contributed by atoms with Gasteiger partial charge in [-0.25, -0.2) is 27.7 Å². The number of nitrogens with one attached hydrogen (secondary N) is 2. The molecule has 0 saturated carbocycles. The van der Waals surface area contributed by atoms with Crippen molar-refractivity contribution in [3.8, 4) is 0 Å². The van der Waals surface area contributed by atoms with Crippen LogP contribution in [0.1, 0.15) is 11.1 Å². The smallest absolute Gasteiger partial charge is 0.219 e. The molecule has 2 N–H and O–H groups in total. The van der Waals surface area contributed by atoms with Crippen LogP contribution in [0.2, 0.25) is 0 Å². The molecule has 0 amide bonds. The third kappa shape index (κ3) is 2.38. The molecule has 1 aliphatic heterocycles. The second-order valence-electron chi connectivity index (χ2n) is 5.50. The molecule has 23 heavy (non-hydrogen) atoms. The fourth-order valence-corrected chi connectivity index (χ4v) is 6.26. The molecule has 0 aliphatic carbocycles. The monoisotopic (exact) mass is 352 g/mol. The second-order valence-corrected chi connectivity index (χ2v) is 9.94. The van der Waals surface area contributed by atoms with E-state index < -0.39 is 24.0 Å². The minimum atomic E-state index is -4.17. The highest BCUT2D eigenvalue weighted by Crippen LogP contribution is 2.36. The maximum Gasteiger partial charge on any atom is 0.310 e. The summed E-state index contributed by atoms with van der Waals surface area (Å²) >= 11 is 0. The molecule has 0 aromatic heterocycles. The second kappa shape index (κ2) is 5.13. The van der Waals surface area contributed by atoms with Crippen molar-refractivity contribution in [3.05, 3.63) is 59.7 Å². The number of rotatable bonds is 4. The minimum Gasteiger partial charge on any atom is -0.219 e. The quantitative estimate of drug-likeness (QED) is 0.802. The molecular formula is C15H16N2O4S2. The van der Waals surface area contributed by atoms with Crippen LogP contribution < -0.4 is 10.9 Å². The molecular weight excluding hydrogens is 336 g/mol. The fourth-order valence-electron chi connectivity index (χ4n) is 2.23. The van der Waals surface area contributed by atoms with Crippen molar-refractivity contribution in [2.24, 2.45) is 0 Å². The zero-order valence-electron chi connectivity index (χ0n) is 12.6. The molecule has 1 aliphatic rings. The zero-order valence-corrected chi connectivity index (χ0v) is 14.2. The first-order valence-corrected chi connectivity index (χ1v) is 9.84. The lowest BCUT2D eigenvalue weighted by Gasteiger charge is -2.14. The van der Waals surface area contributed by atoms with Crippen molar-refractivity contribution in [1.29, 1.82) is 0 Å². The first-order chi connectivity index (χ1) is 10.7. The summed E-state index contributed by atoms with van der Waals surface area (Å²) in [6, 6.07) is 12.1. The van der Waals surface area contributed by atoms with Crippen molar-refractivity contribution in [2.75, 3.05) is 0 Å². The van der Waals surface area contributed by atoms with Gasteiger partial charge in [0, 0.05) is 0 Å². The summed E-state index contributed by atoms with van der Waals surface area (Å²) in [5.74, 6) is 0. The predicted octanol–water partition coefficient (Wildman–Crippen LogP) is 1.27. The summed E-state index contributed by atoms with van der Waals surface area (Å²) in [5, 5.41) is 0. The number of hydrogen-bond acceptors (Lipinski definition) is 6. The Balaban J connectivity index is 2.11. The van der Waals surface area contributed by atoms with Crippen LogP contribution in [-0.4, -0.2) is 21.2 Å². The molecule has 2 aromatic carbocycles. The van der Waals surface area contributed by atoms with Crippen molar-refractivity contribution in [3.63, 3.8) is 0 Å². The lowest BCUT2D eigenvalue weighted by molar-refractivity contribution is 0.569. The van der Waals surface area contributed by atoms with Crippen molar-refractivity contribution in [1.82, 2.24) is 10.9 Å². The summed E-state index contributed by atoms with van der Waals surface area (Å²) in [6.45, 7) is 3.64. The first-order valence-electron chi connectivity index (χ1n) is 6.88. The fraction of sp³-hybridized carbons (Fsp3) is 0.200. The van der Waals surface area contributed by atoms with Gasteiger partial charge < -0.3 is 0 Å². The molecule has 1 saturated heterocycles. The van der Waals surface area contributed by atoms with E-state index in [-0.39, 0.29) is 9.79 Å². The minimum absolute atomic E-state index is 0.0590. The molecule has 2 aromatic rings. The van der Waals surface area contributed by atoms with Gasteiger partial charge in [-0.15, -0.1) is 0 Å². The lowest BCUT2D eigenvalue weighted by Crippen LogP contribution is -2.39. The van der Waals surface area contributed by atoms with Gasteiger partial charge in [0.25, 0.3) is 0 Å². The summed E-state index contributed by atoms with van der Waals surface area (Å²) in [5.41, 5.74) is 6.43. The number of hydrazine groups is 1. The van der Waals surface area contributed by atoms with Crippen LogP contribution >= 0.6 is 0 Å². The molecule has 1 heterocycles. The van der Waals surface area contributed by atoms with Crippen LogP contribution in [0.4, 0.5) is 0 Å². The molecule has 122 valence electrons. The third-order valence-electron chi connectivity index (χ3n) is 3.75. The van der Waals surface area contributed by atoms with Gasteiger partial charge in [-0.05, 0) is 38.1 Å². The third-order valence-corrected chi connectivity index (χ3v) is 8.77. The Hall–Kier alpha value is -1.74. The molecule has 0 spiro atoms. The molecule has 0 bridgehead atoms. The molecule has 0 radical (unpaired) electrons. The molecule has 0 atom stereocenters. The van der Waals surface area contributed by atoms with Gasteiger partial charge in [0.2, 0.25) is 19.7 Å². The van der Waals surface area contributed by atoms with Crippen LogP contribution in [0.25, 0.3) is 0 Å². The van der Waals surface area contributed by atoms with Gasteiger partial charge in [0.1, 0.15) is 0 Å². The van der Waals surface area contributed by atoms with Gasteiger partial charge in [0.15, 0.2) is 0 Å². The van der Waals surface area contributed by atoms with E-state index >= 15 is 0 Å².